The summed E-state index contributed by atoms with van der Waals surface area (Å²) >= 11 is 13.8. The van der Waals surface area contributed by atoms with Gasteiger partial charge in [0.05, 0.1) is 5.02 Å². The lowest BCUT2D eigenvalue weighted by atomic mass is 10.1. The van der Waals surface area contributed by atoms with E-state index in [-0.39, 0.29) is 11.1 Å². The van der Waals surface area contributed by atoms with Gasteiger partial charge < -0.3 is 5.32 Å². The van der Waals surface area contributed by atoms with Crippen LogP contribution in [0.4, 0.5) is 4.39 Å². The molecule has 0 saturated heterocycles. The Kier molecular flexibility index (Phi) is 4.85. The van der Waals surface area contributed by atoms with Gasteiger partial charge in [0.1, 0.15) is 5.82 Å². The van der Waals surface area contributed by atoms with E-state index in [1.54, 1.807) is 11.3 Å². The van der Waals surface area contributed by atoms with Gasteiger partial charge in [0.25, 0.3) is 0 Å². The molecule has 0 amide bonds. The van der Waals surface area contributed by atoms with Crippen molar-refractivity contribution in [3.8, 4) is 0 Å². The number of rotatable bonds is 4. The molecule has 0 radical (unpaired) electrons. The molecule has 0 spiro atoms. The number of nitrogens with one attached hydrogen (secondary N) is 1. The second-order valence-electron chi connectivity index (χ2n) is 4.37. The van der Waals surface area contributed by atoms with Crippen LogP contribution >= 0.6 is 34.5 Å². The van der Waals surface area contributed by atoms with Gasteiger partial charge in [-0.1, -0.05) is 23.2 Å². The van der Waals surface area contributed by atoms with Gasteiger partial charge in [0, 0.05) is 32.9 Å². The van der Waals surface area contributed by atoms with E-state index in [4.69, 9.17) is 23.2 Å². The summed E-state index contributed by atoms with van der Waals surface area (Å²) in [6.45, 7) is 4.70. The van der Waals surface area contributed by atoms with E-state index in [1.807, 2.05) is 6.92 Å². The normalized spacial score (nSPS) is 12.7. The van der Waals surface area contributed by atoms with Crippen molar-refractivity contribution in [2.75, 3.05) is 0 Å². The maximum atomic E-state index is 13.5. The van der Waals surface area contributed by atoms with Crippen LogP contribution in [0.2, 0.25) is 10.0 Å². The van der Waals surface area contributed by atoms with Crippen LogP contribution in [0.25, 0.3) is 0 Å². The average molecular weight is 318 g/mol. The lowest BCUT2D eigenvalue weighted by molar-refractivity contribution is 0.569. The molecule has 1 N–H and O–H groups in total. The molecule has 1 atom stereocenters. The molecule has 0 aliphatic rings. The molecule has 0 saturated carbocycles. The number of hydrogen-bond acceptors (Lipinski definition) is 2. The minimum absolute atomic E-state index is 0.0925. The SMILES string of the molecule is Cc1ccc(CNC(C)c2c(Cl)ccc(F)c2Cl)s1. The average Bonchev–Trinajstić information content (AvgIpc) is 2.78. The quantitative estimate of drug-likeness (QED) is 0.749. The first-order chi connectivity index (χ1) is 8.99. The van der Waals surface area contributed by atoms with E-state index in [2.05, 4.69) is 24.4 Å². The highest BCUT2D eigenvalue weighted by Crippen LogP contribution is 2.32. The minimum Gasteiger partial charge on any atom is -0.305 e. The number of hydrogen-bond donors (Lipinski definition) is 1. The number of halogens is 3. The summed E-state index contributed by atoms with van der Waals surface area (Å²) in [7, 11) is 0. The molecular weight excluding hydrogens is 304 g/mol. The largest absolute Gasteiger partial charge is 0.305 e. The van der Waals surface area contributed by atoms with Crippen LogP contribution in [-0.2, 0) is 6.54 Å². The summed E-state index contributed by atoms with van der Waals surface area (Å²) in [6.07, 6.45) is 0. The molecule has 102 valence electrons. The molecule has 5 heteroatoms. The number of benzene rings is 1. The first-order valence-electron chi connectivity index (χ1n) is 5.91. The minimum atomic E-state index is -0.443. The Balaban J connectivity index is 2.12. The Hall–Kier alpha value is -0.610. The van der Waals surface area contributed by atoms with Gasteiger partial charge in [-0.2, -0.15) is 0 Å². The Bertz CT molecular complexity index is 583. The third kappa shape index (κ3) is 3.48. The topological polar surface area (TPSA) is 12.0 Å². The zero-order chi connectivity index (χ0) is 14.0. The third-order valence-electron chi connectivity index (χ3n) is 2.89. The van der Waals surface area contributed by atoms with Crippen molar-refractivity contribution < 1.29 is 4.39 Å². The fraction of sp³-hybridized carbons (Fsp3) is 0.286. The van der Waals surface area contributed by atoms with Crippen molar-refractivity contribution in [3.05, 3.63) is 55.4 Å². The maximum absolute atomic E-state index is 13.5. The molecule has 0 aliphatic heterocycles. The second-order valence-corrected chi connectivity index (χ2v) is 6.53. The first kappa shape index (κ1) is 14.8. The van der Waals surface area contributed by atoms with Gasteiger partial charge in [-0.05, 0) is 38.1 Å². The third-order valence-corrected chi connectivity index (χ3v) is 4.61. The highest BCUT2D eigenvalue weighted by Gasteiger charge is 2.16. The predicted molar refractivity (Wildman–Crippen MR) is 80.7 cm³/mol. The lowest BCUT2D eigenvalue weighted by Gasteiger charge is -2.17. The van der Waals surface area contributed by atoms with E-state index in [0.29, 0.717) is 17.1 Å². The molecule has 0 fully saturated rings. The van der Waals surface area contributed by atoms with E-state index in [9.17, 15) is 4.39 Å². The van der Waals surface area contributed by atoms with E-state index >= 15 is 0 Å². The van der Waals surface area contributed by atoms with Gasteiger partial charge in [-0.15, -0.1) is 11.3 Å². The van der Waals surface area contributed by atoms with Crippen LogP contribution in [0.5, 0.6) is 0 Å². The molecular formula is C14H14Cl2FNS. The molecule has 1 unspecified atom stereocenters. The smallest absolute Gasteiger partial charge is 0.142 e. The molecule has 1 aromatic heterocycles. The van der Waals surface area contributed by atoms with Gasteiger partial charge in [-0.25, -0.2) is 4.39 Å². The van der Waals surface area contributed by atoms with Crippen LogP contribution in [0.1, 0.15) is 28.3 Å². The fourth-order valence-corrected chi connectivity index (χ4v) is 3.41. The second kappa shape index (κ2) is 6.23. The van der Waals surface area contributed by atoms with Crippen LogP contribution in [0.15, 0.2) is 24.3 Å². The lowest BCUT2D eigenvalue weighted by Crippen LogP contribution is -2.18. The van der Waals surface area contributed by atoms with Crippen LogP contribution in [-0.4, -0.2) is 0 Å². The van der Waals surface area contributed by atoms with Crippen molar-refractivity contribution in [1.82, 2.24) is 5.32 Å². The van der Waals surface area contributed by atoms with Crippen molar-refractivity contribution in [1.29, 1.82) is 0 Å². The van der Waals surface area contributed by atoms with Crippen molar-refractivity contribution in [3.63, 3.8) is 0 Å². The highest BCUT2D eigenvalue weighted by molar-refractivity contribution is 7.11. The Morgan fingerprint density at radius 1 is 1.26 bits per heavy atom. The monoisotopic (exact) mass is 317 g/mol. The maximum Gasteiger partial charge on any atom is 0.142 e. The van der Waals surface area contributed by atoms with E-state index in [0.717, 1.165) is 0 Å². The van der Waals surface area contributed by atoms with Crippen LogP contribution in [0, 0.1) is 12.7 Å². The van der Waals surface area contributed by atoms with Crippen molar-refractivity contribution in [2.45, 2.75) is 26.4 Å². The number of thiophene rings is 1. The highest BCUT2D eigenvalue weighted by atomic mass is 35.5. The zero-order valence-electron chi connectivity index (χ0n) is 10.6. The zero-order valence-corrected chi connectivity index (χ0v) is 13.0. The first-order valence-corrected chi connectivity index (χ1v) is 7.48. The van der Waals surface area contributed by atoms with Crippen LogP contribution in [0.3, 0.4) is 0 Å². The molecule has 1 aromatic carbocycles. The molecule has 0 aliphatic carbocycles. The Morgan fingerprint density at radius 3 is 2.63 bits per heavy atom. The molecule has 2 rings (SSSR count). The predicted octanol–water partition coefficient (Wildman–Crippen LogP) is 5.35. The van der Waals surface area contributed by atoms with Gasteiger partial charge in [-0.3, -0.25) is 0 Å². The molecule has 1 nitrogen and oxygen atoms in total. The molecule has 0 bridgehead atoms. The Labute approximate surface area is 126 Å². The van der Waals surface area contributed by atoms with Crippen LogP contribution < -0.4 is 5.32 Å². The molecule has 1 heterocycles. The molecule has 2 aromatic rings. The van der Waals surface area contributed by atoms with Gasteiger partial charge in [0.2, 0.25) is 0 Å². The van der Waals surface area contributed by atoms with E-state index in [1.165, 1.54) is 21.9 Å². The Morgan fingerprint density at radius 2 is 2.00 bits per heavy atom. The summed E-state index contributed by atoms with van der Waals surface area (Å²) in [6, 6.07) is 6.86. The number of aryl methyl sites for hydroxylation is 1. The van der Waals surface area contributed by atoms with Gasteiger partial charge >= 0.3 is 0 Å². The fourth-order valence-electron chi connectivity index (χ4n) is 1.88. The summed E-state index contributed by atoms with van der Waals surface area (Å²) in [4.78, 5) is 2.50. The standard InChI is InChI=1S/C14H14Cl2FNS/c1-8-3-4-10(19-8)7-18-9(2)13-11(15)5-6-12(17)14(13)16/h3-6,9,18H,7H2,1-2H3. The van der Waals surface area contributed by atoms with Crippen molar-refractivity contribution >= 4 is 34.5 Å². The summed E-state index contributed by atoms with van der Waals surface area (Å²) in [5.74, 6) is -0.443. The van der Waals surface area contributed by atoms with E-state index < -0.39 is 5.82 Å². The summed E-state index contributed by atoms with van der Waals surface area (Å²) in [5.41, 5.74) is 0.608. The van der Waals surface area contributed by atoms with Gasteiger partial charge in [0.15, 0.2) is 0 Å². The summed E-state index contributed by atoms with van der Waals surface area (Å²) in [5, 5.41) is 3.89. The van der Waals surface area contributed by atoms with Crippen molar-refractivity contribution in [2.24, 2.45) is 0 Å². The molecule has 19 heavy (non-hydrogen) atoms. The summed E-state index contributed by atoms with van der Waals surface area (Å²) < 4.78 is 13.5.